The molecule has 27 heavy (non-hydrogen) atoms. The van der Waals surface area contributed by atoms with Crippen molar-refractivity contribution in [1.29, 1.82) is 0 Å². The summed E-state index contributed by atoms with van der Waals surface area (Å²) in [6.45, 7) is 0.0665. The standard InChI is InChI=1S/C18H18Cl2N4O2S/c19-14-8-3-9-15(20)16(14)27(25,26)21-11-13-7-4-10-24-17(22-23-18(13)24)12-5-1-2-6-12/h3-4,7-10,12,21H,1-2,5-6,11H2. The Morgan fingerprint density at radius 3 is 2.48 bits per heavy atom. The summed E-state index contributed by atoms with van der Waals surface area (Å²) in [6, 6.07) is 8.30. The minimum Gasteiger partial charge on any atom is -0.286 e. The fraction of sp³-hybridized carbons (Fsp3) is 0.333. The lowest BCUT2D eigenvalue weighted by Gasteiger charge is -2.11. The van der Waals surface area contributed by atoms with Gasteiger partial charge < -0.3 is 0 Å². The molecule has 0 bridgehead atoms. The van der Waals surface area contributed by atoms with Crippen LogP contribution in [-0.4, -0.2) is 23.0 Å². The van der Waals surface area contributed by atoms with Crippen LogP contribution in [0.5, 0.6) is 0 Å². The van der Waals surface area contributed by atoms with Crippen molar-refractivity contribution in [2.24, 2.45) is 0 Å². The molecule has 0 spiro atoms. The van der Waals surface area contributed by atoms with Crippen molar-refractivity contribution < 1.29 is 8.42 Å². The molecule has 0 radical (unpaired) electrons. The molecular weight excluding hydrogens is 407 g/mol. The first-order chi connectivity index (χ1) is 13.0. The van der Waals surface area contributed by atoms with Gasteiger partial charge in [0.25, 0.3) is 0 Å². The van der Waals surface area contributed by atoms with Gasteiger partial charge in [0, 0.05) is 24.2 Å². The van der Waals surface area contributed by atoms with Gasteiger partial charge in [-0.1, -0.05) is 48.2 Å². The Kier molecular flexibility index (Phi) is 5.11. The fourth-order valence-corrected chi connectivity index (χ4v) is 5.72. The van der Waals surface area contributed by atoms with E-state index in [4.69, 9.17) is 23.2 Å². The molecule has 2 aromatic heterocycles. The minimum atomic E-state index is -3.87. The van der Waals surface area contributed by atoms with Crippen molar-refractivity contribution in [2.45, 2.75) is 43.0 Å². The first-order valence-corrected chi connectivity index (χ1v) is 11.0. The lowest BCUT2D eigenvalue weighted by atomic mass is 10.1. The molecule has 3 aromatic rings. The van der Waals surface area contributed by atoms with E-state index in [1.807, 2.05) is 22.7 Å². The minimum absolute atomic E-state index is 0.0665. The molecule has 1 aliphatic carbocycles. The summed E-state index contributed by atoms with van der Waals surface area (Å²) in [6.07, 6.45) is 6.56. The molecule has 1 N–H and O–H groups in total. The van der Waals surface area contributed by atoms with Crippen molar-refractivity contribution in [3.05, 3.63) is 58.0 Å². The second-order valence-electron chi connectivity index (χ2n) is 6.64. The zero-order valence-corrected chi connectivity index (χ0v) is 16.7. The van der Waals surface area contributed by atoms with Crippen molar-refractivity contribution in [2.75, 3.05) is 0 Å². The van der Waals surface area contributed by atoms with Crippen LogP contribution in [0.25, 0.3) is 5.65 Å². The maximum atomic E-state index is 12.7. The first kappa shape index (κ1) is 18.7. The zero-order valence-electron chi connectivity index (χ0n) is 14.4. The van der Waals surface area contributed by atoms with Crippen LogP contribution in [0.2, 0.25) is 10.0 Å². The monoisotopic (exact) mass is 424 g/mol. The van der Waals surface area contributed by atoms with E-state index in [1.54, 1.807) is 6.07 Å². The number of sulfonamides is 1. The second-order valence-corrected chi connectivity index (χ2v) is 9.16. The maximum absolute atomic E-state index is 12.7. The number of hydrogen-bond acceptors (Lipinski definition) is 4. The molecule has 142 valence electrons. The van der Waals surface area contributed by atoms with Gasteiger partial charge in [-0.3, -0.25) is 4.40 Å². The SMILES string of the molecule is O=S(=O)(NCc1cccn2c(C3CCCC3)nnc12)c1c(Cl)cccc1Cl. The molecule has 1 aliphatic rings. The number of benzene rings is 1. The molecule has 2 heterocycles. The summed E-state index contributed by atoms with van der Waals surface area (Å²) in [5.41, 5.74) is 1.40. The highest BCUT2D eigenvalue weighted by Crippen LogP contribution is 2.33. The van der Waals surface area contributed by atoms with Crippen LogP contribution in [0.3, 0.4) is 0 Å². The molecular formula is C18H18Cl2N4O2S. The molecule has 0 unspecified atom stereocenters. The Morgan fingerprint density at radius 1 is 1.07 bits per heavy atom. The molecule has 0 amide bonds. The molecule has 0 saturated heterocycles. The van der Waals surface area contributed by atoms with Gasteiger partial charge in [0.2, 0.25) is 10.0 Å². The Hall–Kier alpha value is -1.67. The quantitative estimate of drug-likeness (QED) is 0.666. The Morgan fingerprint density at radius 2 is 1.78 bits per heavy atom. The number of nitrogens with zero attached hydrogens (tertiary/aromatic N) is 3. The van der Waals surface area contributed by atoms with E-state index in [-0.39, 0.29) is 21.5 Å². The third-order valence-electron chi connectivity index (χ3n) is 4.90. The number of aromatic nitrogens is 3. The van der Waals surface area contributed by atoms with Crippen molar-refractivity contribution in [3.63, 3.8) is 0 Å². The molecule has 0 atom stereocenters. The van der Waals surface area contributed by atoms with Crippen LogP contribution in [0.1, 0.15) is 43.0 Å². The van der Waals surface area contributed by atoms with E-state index in [0.717, 1.165) is 24.2 Å². The van der Waals surface area contributed by atoms with Crippen LogP contribution >= 0.6 is 23.2 Å². The Balaban J connectivity index is 1.62. The first-order valence-electron chi connectivity index (χ1n) is 8.73. The van der Waals surface area contributed by atoms with Gasteiger partial charge in [-0.25, -0.2) is 13.1 Å². The van der Waals surface area contributed by atoms with Gasteiger partial charge in [-0.2, -0.15) is 0 Å². The van der Waals surface area contributed by atoms with Gasteiger partial charge in [-0.05, 0) is 31.0 Å². The van der Waals surface area contributed by atoms with Crippen molar-refractivity contribution in [3.8, 4) is 0 Å². The molecule has 4 rings (SSSR count). The second kappa shape index (κ2) is 7.39. The predicted octanol–water partition coefficient (Wildman–Crippen LogP) is 4.17. The molecule has 6 nitrogen and oxygen atoms in total. The largest absolute Gasteiger partial charge is 0.286 e. The van der Waals surface area contributed by atoms with Crippen LogP contribution in [0, 0.1) is 0 Å². The topological polar surface area (TPSA) is 76.4 Å². The summed E-state index contributed by atoms with van der Waals surface area (Å²) in [5.74, 6) is 1.36. The predicted molar refractivity (Wildman–Crippen MR) is 105 cm³/mol. The van der Waals surface area contributed by atoms with Gasteiger partial charge >= 0.3 is 0 Å². The number of halogens is 2. The lowest BCUT2D eigenvalue weighted by molar-refractivity contribution is 0.581. The highest BCUT2D eigenvalue weighted by molar-refractivity contribution is 7.89. The Bertz CT molecular complexity index is 1070. The molecule has 0 aliphatic heterocycles. The van der Waals surface area contributed by atoms with Gasteiger partial charge in [-0.15, -0.1) is 10.2 Å². The van der Waals surface area contributed by atoms with Crippen LogP contribution in [-0.2, 0) is 16.6 Å². The third-order valence-corrected chi connectivity index (χ3v) is 7.26. The Labute approximate surface area is 167 Å². The molecule has 1 saturated carbocycles. The number of nitrogens with one attached hydrogen (secondary N) is 1. The fourth-order valence-electron chi connectivity index (χ4n) is 3.57. The number of fused-ring (bicyclic) bond motifs is 1. The summed E-state index contributed by atoms with van der Waals surface area (Å²) in [5, 5.41) is 8.83. The average Bonchev–Trinajstić information content (AvgIpc) is 3.29. The highest BCUT2D eigenvalue weighted by atomic mass is 35.5. The third kappa shape index (κ3) is 3.57. The molecule has 1 aromatic carbocycles. The van der Waals surface area contributed by atoms with E-state index in [0.29, 0.717) is 11.6 Å². The summed E-state index contributed by atoms with van der Waals surface area (Å²) in [4.78, 5) is -0.117. The number of hydrogen-bond donors (Lipinski definition) is 1. The van der Waals surface area contributed by atoms with Gasteiger partial charge in [0.1, 0.15) is 10.7 Å². The highest BCUT2D eigenvalue weighted by Gasteiger charge is 2.24. The van der Waals surface area contributed by atoms with Gasteiger partial charge in [0.05, 0.1) is 10.0 Å². The normalized spacial score (nSPS) is 15.6. The summed E-state index contributed by atoms with van der Waals surface area (Å²) >= 11 is 12.1. The van der Waals surface area contributed by atoms with Crippen LogP contribution in [0.15, 0.2) is 41.4 Å². The van der Waals surface area contributed by atoms with E-state index in [2.05, 4.69) is 14.9 Å². The van der Waals surface area contributed by atoms with Crippen LogP contribution in [0.4, 0.5) is 0 Å². The van der Waals surface area contributed by atoms with E-state index in [1.165, 1.54) is 25.0 Å². The lowest BCUT2D eigenvalue weighted by Crippen LogP contribution is -2.24. The molecule has 9 heteroatoms. The van der Waals surface area contributed by atoms with E-state index >= 15 is 0 Å². The summed E-state index contributed by atoms with van der Waals surface area (Å²) in [7, 11) is -3.87. The van der Waals surface area contributed by atoms with E-state index < -0.39 is 10.0 Å². The van der Waals surface area contributed by atoms with Crippen molar-refractivity contribution in [1.82, 2.24) is 19.3 Å². The summed E-state index contributed by atoms with van der Waals surface area (Å²) < 4.78 is 29.9. The number of rotatable bonds is 5. The molecule has 1 fully saturated rings. The number of pyridine rings is 1. The van der Waals surface area contributed by atoms with E-state index in [9.17, 15) is 8.42 Å². The van der Waals surface area contributed by atoms with Crippen molar-refractivity contribution >= 4 is 38.9 Å². The average molecular weight is 425 g/mol. The zero-order chi connectivity index (χ0) is 19.0. The van der Waals surface area contributed by atoms with Gasteiger partial charge in [0.15, 0.2) is 5.65 Å². The van der Waals surface area contributed by atoms with Crippen LogP contribution < -0.4 is 4.72 Å². The maximum Gasteiger partial charge on any atom is 0.243 e. The smallest absolute Gasteiger partial charge is 0.243 e.